The molecular formula is C14H19ClN4O. The van der Waals surface area contributed by atoms with Crippen molar-refractivity contribution in [1.82, 2.24) is 9.88 Å². The third-order valence-corrected chi connectivity index (χ3v) is 3.08. The monoisotopic (exact) mass is 294 g/mol. The number of pyridine rings is 1. The second-order valence-electron chi connectivity index (χ2n) is 4.27. The van der Waals surface area contributed by atoms with Crippen LogP contribution in [0, 0.1) is 11.3 Å². The zero-order chi connectivity index (χ0) is 15.0. The summed E-state index contributed by atoms with van der Waals surface area (Å²) in [5, 5.41) is 12.1. The van der Waals surface area contributed by atoms with Crippen LogP contribution in [0.25, 0.3) is 0 Å². The van der Waals surface area contributed by atoms with Crippen LogP contribution >= 0.6 is 11.6 Å². The number of amides is 1. The Kier molecular flexibility index (Phi) is 6.82. The standard InChI is InChI=1S/C14H19ClN4O/c1-3-7-17-13-12(15)9-11(10-18-13)14(20)19(4-2)8-5-6-16/h9-10H,3-5,7-8H2,1-2H3,(H,17,18). The molecule has 6 heteroatoms. The van der Waals surface area contributed by atoms with Gasteiger partial charge in [0.25, 0.3) is 5.91 Å². The van der Waals surface area contributed by atoms with Gasteiger partial charge in [-0.25, -0.2) is 4.98 Å². The molecule has 0 unspecified atom stereocenters. The number of halogens is 1. The molecule has 1 rings (SSSR count). The highest BCUT2D eigenvalue weighted by molar-refractivity contribution is 6.33. The molecule has 0 saturated carbocycles. The summed E-state index contributed by atoms with van der Waals surface area (Å²) in [5.74, 6) is 0.435. The van der Waals surface area contributed by atoms with Crippen molar-refractivity contribution in [2.45, 2.75) is 26.7 Å². The number of nitrogens with zero attached hydrogens (tertiary/aromatic N) is 3. The molecule has 0 bridgehead atoms. The van der Waals surface area contributed by atoms with Crippen molar-refractivity contribution in [3.8, 4) is 6.07 Å². The third-order valence-electron chi connectivity index (χ3n) is 2.79. The second kappa shape index (κ2) is 8.39. The Bertz CT molecular complexity index is 498. The minimum absolute atomic E-state index is 0.154. The van der Waals surface area contributed by atoms with Gasteiger partial charge < -0.3 is 10.2 Å². The van der Waals surface area contributed by atoms with E-state index >= 15 is 0 Å². The number of carbonyl (C=O) groups excluding carboxylic acids is 1. The highest BCUT2D eigenvalue weighted by atomic mass is 35.5. The summed E-state index contributed by atoms with van der Waals surface area (Å²) in [4.78, 5) is 18.0. The maximum absolute atomic E-state index is 12.3. The minimum atomic E-state index is -0.154. The Morgan fingerprint density at radius 1 is 1.55 bits per heavy atom. The lowest BCUT2D eigenvalue weighted by Gasteiger charge is -2.19. The van der Waals surface area contributed by atoms with Gasteiger partial charge in [0.1, 0.15) is 5.82 Å². The number of rotatable bonds is 7. The summed E-state index contributed by atoms with van der Waals surface area (Å²) in [5.41, 5.74) is 0.442. The smallest absolute Gasteiger partial charge is 0.255 e. The van der Waals surface area contributed by atoms with Crippen molar-refractivity contribution < 1.29 is 4.79 Å². The van der Waals surface area contributed by atoms with Crippen molar-refractivity contribution in [3.05, 3.63) is 22.8 Å². The van der Waals surface area contributed by atoms with Gasteiger partial charge in [-0.15, -0.1) is 0 Å². The molecule has 0 aromatic carbocycles. The van der Waals surface area contributed by atoms with Crippen LogP contribution in [0.2, 0.25) is 5.02 Å². The zero-order valence-corrected chi connectivity index (χ0v) is 12.6. The molecule has 0 saturated heterocycles. The fourth-order valence-corrected chi connectivity index (χ4v) is 1.93. The van der Waals surface area contributed by atoms with Crippen LogP contribution in [0.5, 0.6) is 0 Å². The number of nitriles is 1. The average Bonchev–Trinajstić information content (AvgIpc) is 2.46. The number of carbonyl (C=O) groups is 1. The highest BCUT2D eigenvalue weighted by Gasteiger charge is 2.15. The molecule has 108 valence electrons. The highest BCUT2D eigenvalue weighted by Crippen LogP contribution is 2.21. The third kappa shape index (κ3) is 4.39. The molecule has 5 nitrogen and oxygen atoms in total. The first-order chi connectivity index (χ1) is 9.63. The van der Waals surface area contributed by atoms with Gasteiger partial charge in [0.2, 0.25) is 0 Å². The number of hydrogen-bond donors (Lipinski definition) is 1. The first-order valence-corrected chi connectivity index (χ1v) is 7.07. The molecule has 0 aliphatic heterocycles. The molecule has 0 atom stereocenters. The normalized spacial score (nSPS) is 9.90. The predicted molar refractivity (Wildman–Crippen MR) is 79.8 cm³/mol. The van der Waals surface area contributed by atoms with Gasteiger partial charge >= 0.3 is 0 Å². The van der Waals surface area contributed by atoms with Crippen LogP contribution in [-0.2, 0) is 0 Å². The number of aromatic nitrogens is 1. The van der Waals surface area contributed by atoms with Crippen molar-refractivity contribution >= 4 is 23.3 Å². The molecule has 0 aliphatic carbocycles. The van der Waals surface area contributed by atoms with E-state index in [1.165, 1.54) is 6.20 Å². The van der Waals surface area contributed by atoms with E-state index in [9.17, 15) is 4.79 Å². The number of nitrogens with one attached hydrogen (secondary N) is 1. The van der Waals surface area contributed by atoms with Crippen LogP contribution < -0.4 is 5.32 Å². The average molecular weight is 295 g/mol. The van der Waals surface area contributed by atoms with Gasteiger partial charge in [-0.2, -0.15) is 5.26 Å². The first-order valence-electron chi connectivity index (χ1n) is 6.69. The Hall–Kier alpha value is -1.80. The molecule has 0 fully saturated rings. The lowest BCUT2D eigenvalue weighted by atomic mass is 10.2. The summed E-state index contributed by atoms with van der Waals surface area (Å²) < 4.78 is 0. The molecule has 20 heavy (non-hydrogen) atoms. The van der Waals surface area contributed by atoms with E-state index in [4.69, 9.17) is 16.9 Å². The van der Waals surface area contributed by atoms with Gasteiger partial charge in [-0.05, 0) is 19.4 Å². The molecule has 0 radical (unpaired) electrons. The van der Waals surface area contributed by atoms with Crippen molar-refractivity contribution in [2.75, 3.05) is 25.0 Å². The largest absolute Gasteiger partial charge is 0.369 e. The quantitative estimate of drug-likeness (QED) is 0.839. The lowest BCUT2D eigenvalue weighted by Crippen LogP contribution is -2.31. The lowest BCUT2D eigenvalue weighted by molar-refractivity contribution is 0.0767. The maximum Gasteiger partial charge on any atom is 0.255 e. The van der Waals surface area contributed by atoms with Crippen LogP contribution in [0.3, 0.4) is 0 Å². The summed E-state index contributed by atoms with van der Waals surface area (Å²) in [6, 6.07) is 3.65. The SMILES string of the molecule is CCCNc1ncc(C(=O)N(CC)CCC#N)cc1Cl. The predicted octanol–water partition coefficient (Wildman–Crippen LogP) is 2.93. The van der Waals surface area contributed by atoms with E-state index < -0.39 is 0 Å². The van der Waals surface area contributed by atoms with E-state index in [1.807, 2.05) is 19.9 Å². The van der Waals surface area contributed by atoms with Crippen molar-refractivity contribution in [3.63, 3.8) is 0 Å². The fourth-order valence-electron chi connectivity index (χ4n) is 1.70. The Morgan fingerprint density at radius 3 is 2.85 bits per heavy atom. The first kappa shape index (κ1) is 16.3. The Balaban J connectivity index is 2.83. The summed E-state index contributed by atoms with van der Waals surface area (Å²) in [7, 11) is 0. The molecule has 1 heterocycles. The molecular weight excluding hydrogens is 276 g/mol. The molecule has 0 aliphatic rings. The van der Waals surface area contributed by atoms with Gasteiger partial charge in [-0.3, -0.25) is 4.79 Å². The summed E-state index contributed by atoms with van der Waals surface area (Å²) >= 11 is 6.11. The van der Waals surface area contributed by atoms with Crippen LogP contribution in [-0.4, -0.2) is 35.4 Å². The number of hydrogen-bond acceptors (Lipinski definition) is 4. The zero-order valence-electron chi connectivity index (χ0n) is 11.8. The van der Waals surface area contributed by atoms with Crippen LogP contribution in [0.15, 0.2) is 12.3 Å². The van der Waals surface area contributed by atoms with Crippen LogP contribution in [0.4, 0.5) is 5.82 Å². The number of anilines is 1. The van der Waals surface area contributed by atoms with E-state index in [0.717, 1.165) is 13.0 Å². The molecule has 1 amide bonds. The van der Waals surface area contributed by atoms with Gasteiger partial charge in [0.15, 0.2) is 0 Å². The van der Waals surface area contributed by atoms with Crippen molar-refractivity contribution in [1.29, 1.82) is 5.26 Å². The van der Waals surface area contributed by atoms with Gasteiger partial charge in [0.05, 0.1) is 23.1 Å². The summed E-state index contributed by atoms with van der Waals surface area (Å²) in [6.07, 6.45) is 2.80. The molecule has 1 N–H and O–H groups in total. The van der Waals surface area contributed by atoms with E-state index in [1.54, 1.807) is 11.0 Å². The van der Waals surface area contributed by atoms with E-state index in [2.05, 4.69) is 10.3 Å². The van der Waals surface area contributed by atoms with Crippen molar-refractivity contribution in [2.24, 2.45) is 0 Å². The van der Waals surface area contributed by atoms with E-state index in [-0.39, 0.29) is 5.91 Å². The minimum Gasteiger partial charge on any atom is -0.369 e. The molecule has 1 aromatic heterocycles. The van der Waals surface area contributed by atoms with Gasteiger partial charge in [0, 0.05) is 25.8 Å². The Morgan fingerprint density at radius 2 is 2.30 bits per heavy atom. The maximum atomic E-state index is 12.3. The Labute approximate surface area is 124 Å². The molecule has 0 spiro atoms. The second-order valence-corrected chi connectivity index (χ2v) is 4.68. The van der Waals surface area contributed by atoms with Gasteiger partial charge in [-0.1, -0.05) is 18.5 Å². The fraction of sp³-hybridized carbons (Fsp3) is 0.500. The van der Waals surface area contributed by atoms with E-state index in [0.29, 0.717) is 35.9 Å². The topological polar surface area (TPSA) is 69.0 Å². The summed E-state index contributed by atoms with van der Waals surface area (Å²) in [6.45, 7) is 5.67. The molecule has 1 aromatic rings. The van der Waals surface area contributed by atoms with Crippen LogP contribution in [0.1, 0.15) is 37.0 Å².